The van der Waals surface area contributed by atoms with Crippen LogP contribution in [0.3, 0.4) is 0 Å². The lowest BCUT2D eigenvalue weighted by Gasteiger charge is -2.40. The van der Waals surface area contributed by atoms with Gasteiger partial charge in [-0.1, -0.05) is 131 Å². The Morgan fingerprint density at radius 3 is 1.65 bits per heavy atom. The third-order valence-electron chi connectivity index (χ3n) is 7.24. The van der Waals surface area contributed by atoms with Crippen LogP contribution in [0.15, 0.2) is 18.2 Å². The van der Waals surface area contributed by atoms with Gasteiger partial charge in [-0.2, -0.15) is 0 Å². The van der Waals surface area contributed by atoms with Crippen LogP contribution < -0.4 is 10.4 Å². The Morgan fingerprint density at radius 1 is 0.769 bits per heavy atom. The third kappa shape index (κ3) is 4.95. The van der Waals surface area contributed by atoms with Crippen LogP contribution in [0.25, 0.3) is 0 Å². The van der Waals surface area contributed by atoms with Gasteiger partial charge in [0.2, 0.25) is 0 Å². The summed E-state index contributed by atoms with van der Waals surface area (Å²) in [6.45, 7) is 16.1. The molecule has 2 aliphatic heterocycles. The molecule has 0 aromatic heterocycles. The van der Waals surface area contributed by atoms with Crippen LogP contribution >= 0.6 is 0 Å². The van der Waals surface area contributed by atoms with Gasteiger partial charge in [0, 0.05) is 0 Å². The van der Waals surface area contributed by atoms with Crippen LogP contribution in [-0.2, 0) is 6.42 Å². The molecule has 2 saturated heterocycles. The molecule has 2 heterocycles. The first-order chi connectivity index (χ1) is 12.1. The maximum atomic E-state index is 2.58. The molecule has 144 valence electrons. The fourth-order valence-electron chi connectivity index (χ4n) is 5.53. The second kappa shape index (κ2) is 7.99. The van der Waals surface area contributed by atoms with Crippen molar-refractivity contribution < 1.29 is 0 Å². The fraction of sp³-hybridized carbons (Fsp3) is 0.739. The van der Waals surface area contributed by atoms with Gasteiger partial charge in [-0.3, -0.25) is 0 Å². The standard InChI is InChI=1S/C23H41BSi2/c1-25(2,3)22-16-19(17-23(18-22)26(4,5)6)10-9-15-24-20-11-7-12-21(24)14-8-13-20/h16-18,20-21H,7-15H2,1-6H3. The molecule has 1 aromatic rings. The summed E-state index contributed by atoms with van der Waals surface area (Å²) >= 11 is 0. The van der Waals surface area contributed by atoms with E-state index in [1.807, 2.05) is 0 Å². The Labute approximate surface area is 165 Å². The number of hydrogen-bond donors (Lipinski definition) is 0. The first kappa shape index (κ1) is 20.5. The van der Waals surface area contributed by atoms with Gasteiger partial charge < -0.3 is 0 Å². The number of benzene rings is 1. The molecule has 3 heteroatoms. The summed E-state index contributed by atoms with van der Waals surface area (Å²) in [6, 6.07) is 7.74. The van der Waals surface area contributed by atoms with Crippen LogP contribution in [0.1, 0.15) is 50.5 Å². The summed E-state index contributed by atoms with van der Waals surface area (Å²) < 4.78 is 0. The number of fused-ring (bicyclic) bond motifs is 2. The molecular weight excluding hydrogens is 343 g/mol. The monoisotopic (exact) mass is 384 g/mol. The van der Waals surface area contributed by atoms with E-state index < -0.39 is 16.1 Å². The van der Waals surface area contributed by atoms with Crippen molar-refractivity contribution in [3.05, 3.63) is 23.8 Å². The second-order valence-electron chi connectivity index (χ2n) is 11.4. The summed E-state index contributed by atoms with van der Waals surface area (Å²) in [7, 11) is -2.49. The molecule has 0 atom stereocenters. The van der Waals surface area contributed by atoms with Gasteiger partial charge in [0.05, 0.1) is 16.1 Å². The zero-order valence-corrected chi connectivity index (χ0v) is 20.3. The fourth-order valence-corrected chi connectivity index (χ4v) is 8.09. The molecule has 0 amide bonds. The molecule has 2 bridgehead atoms. The molecule has 0 nitrogen and oxygen atoms in total. The molecule has 0 unspecified atom stereocenters. The van der Waals surface area contributed by atoms with Crippen LogP contribution in [0.5, 0.6) is 0 Å². The van der Waals surface area contributed by atoms with Crippen molar-refractivity contribution in [3.8, 4) is 0 Å². The average Bonchev–Trinajstić information content (AvgIpc) is 2.52. The normalized spacial score (nSPS) is 24.0. The summed E-state index contributed by atoms with van der Waals surface area (Å²) in [5.41, 5.74) is 1.64. The maximum absolute atomic E-state index is 2.58. The molecule has 0 radical (unpaired) electrons. The predicted molar refractivity (Wildman–Crippen MR) is 126 cm³/mol. The predicted octanol–water partition coefficient (Wildman–Crippen LogP) is 6.31. The summed E-state index contributed by atoms with van der Waals surface area (Å²) in [6.07, 6.45) is 13.4. The Morgan fingerprint density at radius 2 is 1.23 bits per heavy atom. The molecule has 0 spiro atoms. The average molecular weight is 385 g/mol. The van der Waals surface area contributed by atoms with Crippen molar-refractivity contribution >= 4 is 33.2 Å². The minimum Gasteiger partial charge on any atom is -0.0734 e. The van der Waals surface area contributed by atoms with Crippen molar-refractivity contribution in [2.75, 3.05) is 0 Å². The highest BCUT2D eigenvalue weighted by Gasteiger charge is 2.38. The van der Waals surface area contributed by atoms with E-state index in [1.165, 1.54) is 57.7 Å². The number of rotatable bonds is 6. The first-order valence-corrected chi connectivity index (χ1v) is 18.3. The second-order valence-corrected chi connectivity index (χ2v) is 21.5. The molecule has 0 saturated carbocycles. The third-order valence-corrected chi connectivity index (χ3v) is 11.3. The largest absolute Gasteiger partial charge is 0.146 e. The van der Waals surface area contributed by atoms with E-state index in [2.05, 4.69) is 57.5 Å². The van der Waals surface area contributed by atoms with Gasteiger partial charge in [0.15, 0.2) is 0 Å². The van der Waals surface area contributed by atoms with Crippen molar-refractivity contribution in [1.29, 1.82) is 0 Å². The van der Waals surface area contributed by atoms with Crippen molar-refractivity contribution in [1.82, 2.24) is 0 Å². The Balaban J connectivity index is 1.69. The highest BCUT2D eigenvalue weighted by molar-refractivity contribution is 6.91. The van der Waals surface area contributed by atoms with Gasteiger partial charge in [0.1, 0.15) is 6.71 Å². The molecule has 3 rings (SSSR count). The van der Waals surface area contributed by atoms with Gasteiger partial charge >= 0.3 is 0 Å². The van der Waals surface area contributed by atoms with Gasteiger partial charge in [-0.15, -0.1) is 0 Å². The molecule has 0 aliphatic carbocycles. The highest BCUT2D eigenvalue weighted by Crippen LogP contribution is 2.48. The lowest BCUT2D eigenvalue weighted by molar-refractivity contribution is 0.440. The van der Waals surface area contributed by atoms with Crippen LogP contribution in [0.4, 0.5) is 0 Å². The number of hydrogen-bond acceptors (Lipinski definition) is 0. The van der Waals surface area contributed by atoms with E-state index in [0.29, 0.717) is 0 Å². The minimum absolute atomic E-state index is 1.06. The van der Waals surface area contributed by atoms with Crippen molar-refractivity contribution in [3.63, 3.8) is 0 Å². The minimum atomic E-state index is -1.24. The summed E-state index contributed by atoms with van der Waals surface area (Å²) in [5, 5.41) is 3.36. The van der Waals surface area contributed by atoms with E-state index in [9.17, 15) is 0 Å². The molecule has 0 N–H and O–H groups in total. The SMILES string of the molecule is C[Si](C)(C)c1cc(CCCB2C3CCCC2CCC3)cc([Si](C)(C)C)c1. The van der Waals surface area contributed by atoms with E-state index >= 15 is 0 Å². The smallest absolute Gasteiger partial charge is 0.0734 e. The molecule has 1 aromatic carbocycles. The molecular formula is C23H41BSi2. The van der Waals surface area contributed by atoms with Crippen molar-refractivity contribution in [2.45, 2.75) is 109 Å². The number of aryl methyl sites for hydroxylation is 1. The van der Waals surface area contributed by atoms with Gasteiger partial charge in [-0.05, 0) is 12.0 Å². The quantitative estimate of drug-likeness (QED) is 0.504. The van der Waals surface area contributed by atoms with Crippen LogP contribution in [0.2, 0.25) is 57.2 Å². The molecule has 26 heavy (non-hydrogen) atoms. The van der Waals surface area contributed by atoms with Gasteiger partial charge in [0.25, 0.3) is 0 Å². The van der Waals surface area contributed by atoms with E-state index in [4.69, 9.17) is 0 Å². The lowest BCUT2D eigenvalue weighted by atomic mass is 9.26. The Kier molecular flexibility index (Phi) is 6.29. The van der Waals surface area contributed by atoms with E-state index in [1.54, 1.807) is 15.9 Å². The lowest BCUT2D eigenvalue weighted by Crippen LogP contribution is -2.45. The first-order valence-electron chi connectivity index (χ1n) is 11.3. The molecule has 2 aliphatic rings. The van der Waals surface area contributed by atoms with E-state index in [0.717, 1.165) is 18.3 Å². The van der Waals surface area contributed by atoms with Gasteiger partial charge in [-0.25, -0.2) is 0 Å². The van der Waals surface area contributed by atoms with E-state index in [-0.39, 0.29) is 0 Å². The highest BCUT2D eigenvalue weighted by atomic mass is 28.3. The zero-order valence-electron chi connectivity index (χ0n) is 18.3. The molecule has 2 fully saturated rings. The van der Waals surface area contributed by atoms with Crippen molar-refractivity contribution in [2.24, 2.45) is 0 Å². The Bertz CT molecular complexity index is 557. The van der Waals surface area contributed by atoms with Crippen LogP contribution in [-0.4, -0.2) is 22.9 Å². The zero-order chi connectivity index (χ0) is 18.9. The summed E-state index contributed by atoms with van der Waals surface area (Å²) in [5.74, 6) is 2.15. The van der Waals surface area contributed by atoms with Crippen LogP contribution in [0, 0.1) is 0 Å². The Hall–Kier alpha value is -0.281. The summed E-state index contributed by atoms with van der Waals surface area (Å²) in [4.78, 5) is 0. The maximum Gasteiger partial charge on any atom is 0.146 e. The topological polar surface area (TPSA) is 0 Å².